The summed E-state index contributed by atoms with van der Waals surface area (Å²) < 4.78 is 4.54. The highest BCUT2D eigenvalue weighted by Crippen LogP contribution is 2.20. The molecular formula is C13H17NO5. The number of amides is 1. The molecule has 0 aromatic heterocycles. The lowest BCUT2D eigenvalue weighted by Crippen LogP contribution is -2.36. The monoisotopic (exact) mass is 267 g/mol. The number of hydrogen-bond acceptors (Lipinski definition) is 5. The van der Waals surface area contributed by atoms with Crippen LogP contribution >= 0.6 is 0 Å². The summed E-state index contributed by atoms with van der Waals surface area (Å²) >= 11 is 0. The minimum Gasteiger partial charge on any atom is -0.508 e. The Labute approximate surface area is 111 Å². The molecule has 1 amide bonds. The average molecular weight is 267 g/mol. The third-order valence-corrected chi connectivity index (χ3v) is 2.63. The minimum absolute atomic E-state index is 0.0730. The maximum atomic E-state index is 11.9. The van der Waals surface area contributed by atoms with Gasteiger partial charge >= 0.3 is 5.97 Å². The molecule has 104 valence electrons. The third kappa shape index (κ3) is 4.50. The Morgan fingerprint density at radius 3 is 2.32 bits per heavy atom. The number of hydrogen-bond donors (Lipinski definition) is 3. The van der Waals surface area contributed by atoms with Crippen LogP contribution in [-0.2, 0) is 9.53 Å². The van der Waals surface area contributed by atoms with Gasteiger partial charge in [-0.05, 0) is 18.6 Å². The van der Waals surface area contributed by atoms with Gasteiger partial charge in [0, 0.05) is 17.7 Å². The van der Waals surface area contributed by atoms with Crippen LogP contribution < -0.4 is 5.32 Å². The van der Waals surface area contributed by atoms with Gasteiger partial charge < -0.3 is 20.3 Å². The number of carbonyl (C=O) groups is 2. The van der Waals surface area contributed by atoms with Gasteiger partial charge in [0.25, 0.3) is 5.91 Å². The van der Waals surface area contributed by atoms with Crippen LogP contribution in [0.2, 0.25) is 0 Å². The highest BCUT2D eigenvalue weighted by Gasteiger charge is 2.16. The summed E-state index contributed by atoms with van der Waals surface area (Å²) in [6.07, 6.45) is 0.634. The SMILES string of the molecule is CCC(CC(=O)OC)NC(=O)c1cc(O)cc(O)c1. The number of nitrogens with one attached hydrogen (secondary N) is 1. The van der Waals surface area contributed by atoms with Gasteiger partial charge in [-0.2, -0.15) is 0 Å². The zero-order valence-corrected chi connectivity index (χ0v) is 10.8. The lowest BCUT2D eigenvalue weighted by Gasteiger charge is -2.15. The summed E-state index contributed by atoms with van der Waals surface area (Å²) in [4.78, 5) is 23.1. The molecule has 1 atom stereocenters. The zero-order chi connectivity index (χ0) is 14.4. The van der Waals surface area contributed by atoms with E-state index in [1.165, 1.54) is 19.2 Å². The molecule has 1 unspecified atom stereocenters. The van der Waals surface area contributed by atoms with E-state index in [1.807, 2.05) is 6.92 Å². The Kier molecular flexibility index (Phi) is 5.17. The van der Waals surface area contributed by atoms with Crippen LogP contribution in [-0.4, -0.2) is 35.2 Å². The molecular weight excluding hydrogens is 250 g/mol. The second kappa shape index (κ2) is 6.63. The Bertz CT molecular complexity index is 452. The van der Waals surface area contributed by atoms with Gasteiger partial charge in [0.15, 0.2) is 0 Å². The molecule has 0 aliphatic carbocycles. The number of esters is 1. The van der Waals surface area contributed by atoms with Crippen molar-refractivity contribution in [2.75, 3.05) is 7.11 Å². The summed E-state index contributed by atoms with van der Waals surface area (Å²) in [5, 5.41) is 21.2. The van der Waals surface area contributed by atoms with Crippen LogP contribution in [0.3, 0.4) is 0 Å². The van der Waals surface area contributed by atoms with E-state index in [4.69, 9.17) is 0 Å². The van der Waals surface area contributed by atoms with Crippen molar-refractivity contribution in [3.8, 4) is 11.5 Å². The number of benzene rings is 1. The van der Waals surface area contributed by atoms with Crippen LogP contribution in [0.5, 0.6) is 11.5 Å². The van der Waals surface area contributed by atoms with Crippen molar-refractivity contribution in [2.24, 2.45) is 0 Å². The van der Waals surface area contributed by atoms with Crippen LogP contribution in [0.25, 0.3) is 0 Å². The molecule has 6 heteroatoms. The van der Waals surface area contributed by atoms with Crippen molar-refractivity contribution >= 4 is 11.9 Å². The highest BCUT2D eigenvalue weighted by molar-refractivity contribution is 5.95. The van der Waals surface area contributed by atoms with E-state index in [-0.39, 0.29) is 29.5 Å². The minimum atomic E-state index is -0.470. The van der Waals surface area contributed by atoms with Crippen LogP contribution in [0.15, 0.2) is 18.2 Å². The third-order valence-electron chi connectivity index (χ3n) is 2.63. The second-order valence-electron chi connectivity index (χ2n) is 4.10. The number of ether oxygens (including phenoxy) is 1. The van der Waals surface area contributed by atoms with Gasteiger partial charge in [-0.15, -0.1) is 0 Å². The van der Waals surface area contributed by atoms with E-state index >= 15 is 0 Å². The maximum Gasteiger partial charge on any atom is 0.307 e. The fourth-order valence-corrected chi connectivity index (χ4v) is 1.58. The predicted molar refractivity (Wildman–Crippen MR) is 67.9 cm³/mol. The number of phenolic OH excluding ortho intramolecular Hbond substituents is 2. The van der Waals surface area contributed by atoms with Gasteiger partial charge in [0.1, 0.15) is 11.5 Å². The summed E-state index contributed by atoms with van der Waals surface area (Å²) in [5.41, 5.74) is 0.126. The quantitative estimate of drug-likeness (QED) is 0.696. The molecule has 0 saturated heterocycles. The number of phenols is 2. The maximum absolute atomic E-state index is 11.9. The van der Waals surface area contributed by atoms with Crippen molar-refractivity contribution in [3.63, 3.8) is 0 Å². The number of rotatable bonds is 5. The fraction of sp³-hybridized carbons (Fsp3) is 0.385. The normalized spacial score (nSPS) is 11.7. The molecule has 1 rings (SSSR count). The molecule has 1 aromatic carbocycles. The molecule has 6 nitrogen and oxygen atoms in total. The summed E-state index contributed by atoms with van der Waals surface area (Å²) in [7, 11) is 1.28. The predicted octanol–water partition coefficient (Wildman–Crippen LogP) is 1.17. The smallest absolute Gasteiger partial charge is 0.307 e. The molecule has 0 saturated carbocycles. The number of methoxy groups -OCH3 is 1. The first kappa shape index (κ1) is 14.8. The topological polar surface area (TPSA) is 95.9 Å². The molecule has 19 heavy (non-hydrogen) atoms. The molecule has 0 bridgehead atoms. The molecule has 0 fully saturated rings. The molecule has 0 spiro atoms. The van der Waals surface area contributed by atoms with Gasteiger partial charge in [-0.25, -0.2) is 0 Å². The van der Waals surface area contributed by atoms with E-state index in [0.717, 1.165) is 6.07 Å². The van der Waals surface area contributed by atoms with Gasteiger partial charge in [0.05, 0.1) is 13.5 Å². The lowest BCUT2D eigenvalue weighted by atomic mass is 10.1. The first-order chi connectivity index (χ1) is 8.96. The van der Waals surface area contributed by atoms with E-state index in [0.29, 0.717) is 6.42 Å². The van der Waals surface area contributed by atoms with E-state index in [9.17, 15) is 19.8 Å². The largest absolute Gasteiger partial charge is 0.508 e. The first-order valence-electron chi connectivity index (χ1n) is 5.87. The van der Waals surface area contributed by atoms with Gasteiger partial charge in [-0.1, -0.05) is 6.92 Å². The Hall–Kier alpha value is -2.24. The molecule has 0 aliphatic rings. The molecule has 3 N–H and O–H groups in total. The number of aromatic hydroxyl groups is 2. The average Bonchev–Trinajstić information content (AvgIpc) is 2.36. The lowest BCUT2D eigenvalue weighted by molar-refractivity contribution is -0.141. The van der Waals surface area contributed by atoms with Crippen molar-refractivity contribution < 1.29 is 24.5 Å². The van der Waals surface area contributed by atoms with Gasteiger partial charge in [-0.3, -0.25) is 9.59 Å². The van der Waals surface area contributed by atoms with Crippen LogP contribution in [0.4, 0.5) is 0 Å². The van der Waals surface area contributed by atoms with Crippen molar-refractivity contribution in [2.45, 2.75) is 25.8 Å². The van der Waals surface area contributed by atoms with E-state index in [2.05, 4.69) is 10.1 Å². The Balaban J connectivity index is 2.74. The standard InChI is InChI=1S/C13H17NO5/c1-3-9(6-12(17)19-2)14-13(18)8-4-10(15)7-11(16)5-8/h4-5,7,9,15-16H,3,6H2,1-2H3,(H,14,18). The second-order valence-corrected chi connectivity index (χ2v) is 4.10. The molecule has 0 heterocycles. The Morgan fingerprint density at radius 2 is 1.84 bits per heavy atom. The molecule has 1 aromatic rings. The number of carbonyl (C=O) groups excluding carboxylic acids is 2. The van der Waals surface area contributed by atoms with Gasteiger partial charge in [0.2, 0.25) is 0 Å². The highest BCUT2D eigenvalue weighted by atomic mass is 16.5. The van der Waals surface area contributed by atoms with E-state index in [1.54, 1.807) is 0 Å². The fourth-order valence-electron chi connectivity index (χ4n) is 1.58. The van der Waals surface area contributed by atoms with Crippen LogP contribution in [0.1, 0.15) is 30.1 Å². The summed E-state index contributed by atoms with van der Waals surface area (Å²) in [6, 6.07) is 3.24. The molecule has 0 aliphatic heterocycles. The summed E-state index contributed by atoms with van der Waals surface area (Å²) in [6.45, 7) is 1.83. The first-order valence-corrected chi connectivity index (χ1v) is 5.87. The Morgan fingerprint density at radius 1 is 1.26 bits per heavy atom. The van der Waals surface area contributed by atoms with Crippen LogP contribution in [0, 0.1) is 0 Å². The van der Waals surface area contributed by atoms with E-state index < -0.39 is 11.9 Å². The zero-order valence-electron chi connectivity index (χ0n) is 10.8. The molecule has 0 radical (unpaired) electrons. The van der Waals surface area contributed by atoms with Crippen molar-refractivity contribution in [3.05, 3.63) is 23.8 Å². The van der Waals surface area contributed by atoms with Crippen molar-refractivity contribution in [1.29, 1.82) is 0 Å². The summed E-state index contributed by atoms with van der Waals surface area (Å²) in [5.74, 6) is -1.29. The van der Waals surface area contributed by atoms with Crippen molar-refractivity contribution in [1.82, 2.24) is 5.32 Å².